The van der Waals surface area contributed by atoms with Crippen molar-refractivity contribution in [2.24, 2.45) is 0 Å². The van der Waals surface area contributed by atoms with Crippen LogP contribution in [0.15, 0.2) is 18.5 Å². The van der Waals surface area contributed by atoms with Gasteiger partial charge in [-0.3, -0.25) is 14.7 Å². The number of ketones is 1. The molecule has 0 aliphatic carbocycles. The van der Waals surface area contributed by atoms with Crippen molar-refractivity contribution in [3.8, 4) is 0 Å². The molecule has 0 amide bonds. The summed E-state index contributed by atoms with van der Waals surface area (Å²) in [6.07, 6.45) is 3.77. The first kappa shape index (κ1) is 9.79. The molecule has 0 aromatic carbocycles. The summed E-state index contributed by atoms with van der Waals surface area (Å²) in [5.41, 5.74) is 1.08. The third-order valence-corrected chi connectivity index (χ3v) is 3.13. The van der Waals surface area contributed by atoms with E-state index in [9.17, 15) is 9.59 Å². The fraction of sp³-hybridized carbons (Fsp3) is 0.100. The predicted octanol–water partition coefficient (Wildman–Crippen LogP) is 1.82. The summed E-state index contributed by atoms with van der Waals surface area (Å²) in [5.74, 6) is -0.107. The fourth-order valence-electron chi connectivity index (χ4n) is 1.24. The van der Waals surface area contributed by atoms with Crippen molar-refractivity contribution in [1.82, 2.24) is 10.2 Å². The van der Waals surface area contributed by atoms with E-state index in [1.54, 1.807) is 6.07 Å². The number of aromatic nitrogens is 2. The molecule has 0 bridgehead atoms. The normalized spacial score (nSPS) is 10.2. The Morgan fingerprint density at radius 3 is 2.93 bits per heavy atom. The number of carbonyl (C=O) groups is 2. The molecule has 2 aromatic rings. The molecule has 1 N–H and O–H groups in total. The number of hydrogen-bond donors (Lipinski definition) is 1. The van der Waals surface area contributed by atoms with E-state index >= 15 is 0 Å². The number of nitrogens with one attached hydrogen (secondary N) is 1. The van der Waals surface area contributed by atoms with Crippen molar-refractivity contribution in [2.75, 3.05) is 0 Å². The Balaban J connectivity index is 2.38. The second kappa shape index (κ2) is 3.78. The first-order valence-corrected chi connectivity index (χ1v) is 5.13. The van der Waals surface area contributed by atoms with Gasteiger partial charge in [0.1, 0.15) is 0 Å². The highest BCUT2D eigenvalue weighted by atomic mass is 32.1. The molecule has 0 aliphatic rings. The predicted molar refractivity (Wildman–Crippen MR) is 56.5 cm³/mol. The van der Waals surface area contributed by atoms with Gasteiger partial charge in [0.05, 0.1) is 16.6 Å². The van der Waals surface area contributed by atoms with Gasteiger partial charge in [-0.2, -0.15) is 5.10 Å². The zero-order valence-corrected chi connectivity index (χ0v) is 8.80. The van der Waals surface area contributed by atoms with Crippen LogP contribution in [0.1, 0.15) is 30.5 Å². The van der Waals surface area contributed by atoms with Gasteiger partial charge >= 0.3 is 0 Å². The Labute approximate surface area is 89.9 Å². The molecule has 76 valence electrons. The second-order valence-corrected chi connectivity index (χ2v) is 4.31. The number of aryl methyl sites for hydroxylation is 1. The van der Waals surface area contributed by atoms with Crippen LogP contribution in [0, 0.1) is 6.92 Å². The molecule has 4 nitrogen and oxygen atoms in total. The van der Waals surface area contributed by atoms with E-state index < -0.39 is 0 Å². The summed E-state index contributed by atoms with van der Waals surface area (Å²) in [4.78, 5) is 23.9. The van der Waals surface area contributed by atoms with Gasteiger partial charge < -0.3 is 0 Å². The minimum Gasteiger partial charge on any atom is -0.298 e. The van der Waals surface area contributed by atoms with E-state index in [1.807, 2.05) is 6.92 Å². The van der Waals surface area contributed by atoms with E-state index in [0.717, 1.165) is 11.2 Å². The smallest absolute Gasteiger partial charge is 0.206 e. The third-order valence-electron chi connectivity index (χ3n) is 2.07. The number of nitrogens with zero attached hydrogens (tertiary/aromatic N) is 1. The quantitative estimate of drug-likeness (QED) is 0.634. The van der Waals surface area contributed by atoms with Crippen molar-refractivity contribution in [1.29, 1.82) is 0 Å². The maximum Gasteiger partial charge on any atom is 0.206 e. The number of rotatable bonds is 3. The lowest BCUT2D eigenvalue weighted by Gasteiger charge is -1.89. The summed E-state index contributed by atoms with van der Waals surface area (Å²) in [5, 5.41) is 6.29. The summed E-state index contributed by atoms with van der Waals surface area (Å²) >= 11 is 1.32. The third kappa shape index (κ3) is 1.73. The Bertz CT molecular complexity index is 499. The molecule has 0 saturated carbocycles. The minimum absolute atomic E-state index is 0.107. The largest absolute Gasteiger partial charge is 0.298 e. The van der Waals surface area contributed by atoms with Gasteiger partial charge in [-0.05, 0) is 13.0 Å². The Hall–Kier alpha value is -1.75. The number of H-pyrrole nitrogens is 1. The van der Waals surface area contributed by atoms with Gasteiger partial charge in [0.25, 0.3) is 0 Å². The van der Waals surface area contributed by atoms with Crippen LogP contribution in [0.2, 0.25) is 0 Å². The Morgan fingerprint density at radius 2 is 2.40 bits per heavy atom. The highest BCUT2D eigenvalue weighted by Crippen LogP contribution is 2.22. The van der Waals surface area contributed by atoms with E-state index in [0.29, 0.717) is 16.0 Å². The van der Waals surface area contributed by atoms with Gasteiger partial charge in [-0.15, -0.1) is 11.3 Å². The van der Waals surface area contributed by atoms with Gasteiger partial charge in [0.2, 0.25) is 5.78 Å². The summed E-state index contributed by atoms with van der Waals surface area (Å²) < 4.78 is 0. The van der Waals surface area contributed by atoms with Crippen LogP contribution in [-0.2, 0) is 0 Å². The highest BCUT2D eigenvalue weighted by molar-refractivity contribution is 7.14. The number of hydrogen-bond acceptors (Lipinski definition) is 4. The molecule has 0 aliphatic heterocycles. The van der Waals surface area contributed by atoms with Crippen LogP contribution in [0.3, 0.4) is 0 Å². The number of carbonyl (C=O) groups excluding carboxylic acids is 2. The lowest BCUT2D eigenvalue weighted by atomic mass is 10.2. The molecule has 2 aromatic heterocycles. The Morgan fingerprint density at radius 1 is 1.60 bits per heavy atom. The molecule has 0 fully saturated rings. The van der Waals surface area contributed by atoms with Crippen LogP contribution in [0.4, 0.5) is 0 Å². The summed E-state index contributed by atoms with van der Waals surface area (Å²) in [6.45, 7) is 1.82. The number of aldehydes is 1. The fourth-order valence-corrected chi connectivity index (χ4v) is 2.19. The lowest BCUT2D eigenvalue weighted by molar-refractivity contribution is 0.104. The Kier molecular flexibility index (Phi) is 2.47. The first-order chi connectivity index (χ1) is 7.22. The van der Waals surface area contributed by atoms with Crippen LogP contribution in [0.5, 0.6) is 0 Å². The van der Waals surface area contributed by atoms with E-state index in [1.165, 1.54) is 23.7 Å². The standard InChI is InChI=1S/C10H8N2O2S/c1-6-7(5-13)2-9(15-6)10(14)8-3-11-12-4-8/h2-5H,1H3,(H,11,12). The van der Waals surface area contributed by atoms with Crippen molar-refractivity contribution in [3.05, 3.63) is 39.3 Å². The molecule has 0 radical (unpaired) electrons. The van der Waals surface area contributed by atoms with Crippen molar-refractivity contribution < 1.29 is 9.59 Å². The molecule has 0 atom stereocenters. The summed E-state index contributed by atoms with van der Waals surface area (Å²) in [6, 6.07) is 1.61. The van der Waals surface area contributed by atoms with Crippen molar-refractivity contribution in [2.45, 2.75) is 6.92 Å². The molecule has 15 heavy (non-hydrogen) atoms. The maximum atomic E-state index is 11.8. The van der Waals surface area contributed by atoms with Crippen LogP contribution in [-0.4, -0.2) is 22.3 Å². The van der Waals surface area contributed by atoms with E-state index in [-0.39, 0.29) is 5.78 Å². The van der Waals surface area contributed by atoms with E-state index in [2.05, 4.69) is 10.2 Å². The average Bonchev–Trinajstić information content (AvgIpc) is 2.85. The lowest BCUT2D eigenvalue weighted by Crippen LogP contribution is -1.95. The molecule has 2 heterocycles. The molecule has 0 saturated heterocycles. The average molecular weight is 220 g/mol. The molecular formula is C10H8N2O2S. The zero-order valence-electron chi connectivity index (χ0n) is 7.98. The maximum absolute atomic E-state index is 11.8. The number of aromatic amines is 1. The molecule has 2 rings (SSSR count). The topological polar surface area (TPSA) is 62.8 Å². The van der Waals surface area contributed by atoms with Crippen LogP contribution >= 0.6 is 11.3 Å². The SMILES string of the molecule is Cc1sc(C(=O)c2cn[nH]c2)cc1C=O. The van der Waals surface area contributed by atoms with Gasteiger partial charge in [-0.25, -0.2) is 0 Å². The minimum atomic E-state index is -0.107. The van der Waals surface area contributed by atoms with Crippen molar-refractivity contribution >= 4 is 23.4 Å². The highest BCUT2D eigenvalue weighted by Gasteiger charge is 2.14. The van der Waals surface area contributed by atoms with Crippen molar-refractivity contribution in [3.63, 3.8) is 0 Å². The van der Waals surface area contributed by atoms with Gasteiger partial charge in [0.15, 0.2) is 6.29 Å². The molecule has 0 spiro atoms. The second-order valence-electron chi connectivity index (χ2n) is 3.06. The van der Waals surface area contributed by atoms with E-state index in [4.69, 9.17) is 0 Å². The van der Waals surface area contributed by atoms with Crippen LogP contribution in [0.25, 0.3) is 0 Å². The van der Waals surface area contributed by atoms with Gasteiger partial charge in [0, 0.05) is 16.6 Å². The first-order valence-electron chi connectivity index (χ1n) is 4.31. The van der Waals surface area contributed by atoms with Gasteiger partial charge in [-0.1, -0.05) is 0 Å². The molecular weight excluding hydrogens is 212 g/mol. The molecule has 0 unspecified atom stereocenters. The molecule has 5 heteroatoms. The monoisotopic (exact) mass is 220 g/mol. The van der Waals surface area contributed by atoms with Crippen LogP contribution < -0.4 is 0 Å². The number of thiophene rings is 1. The summed E-state index contributed by atoms with van der Waals surface area (Å²) in [7, 11) is 0. The zero-order chi connectivity index (χ0) is 10.8.